The number of ether oxygens (including phenoxy) is 2. The summed E-state index contributed by atoms with van der Waals surface area (Å²) < 4.78 is 10.4. The Morgan fingerprint density at radius 1 is 1.05 bits per heavy atom. The molecule has 1 amide bonds. The van der Waals surface area contributed by atoms with Gasteiger partial charge in [-0.05, 0) is 25.2 Å². The van der Waals surface area contributed by atoms with E-state index in [0.717, 1.165) is 26.2 Å². The Morgan fingerprint density at radius 2 is 1.65 bits per heavy atom. The van der Waals surface area contributed by atoms with Gasteiger partial charge in [-0.1, -0.05) is 0 Å². The largest absolute Gasteiger partial charge is 1.00 e. The first-order chi connectivity index (χ1) is 9.15. The maximum absolute atomic E-state index is 12.4. The summed E-state index contributed by atoms with van der Waals surface area (Å²) in [6.45, 7) is 3.37. The van der Waals surface area contributed by atoms with E-state index in [-0.39, 0.29) is 18.3 Å². The minimum Gasteiger partial charge on any atom is -1.00 e. The lowest BCUT2D eigenvalue weighted by Crippen LogP contribution is -3.00. The third kappa shape index (κ3) is 3.55. The fraction of sp³-hybridized carbons (Fsp3) is 0.500. The number of nitrogens with zero attached hydrogens (tertiary/aromatic N) is 2. The topological polar surface area (TPSA) is 42.0 Å². The van der Waals surface area contributed by atoms with Crippen molar-refractivity contribution < 1.29 is 26.7 Å². The normalized spacial score (nSPS) is 15.4. The summed E-state index contributed by atoms with van der Waals surface area (Å²) in [6, 6.07) is 5.28. The average molecular weight is 300 g/mol. The molecule has 1 aromatic carbocycles. The van der Waals surface area contributed by atoms with Crippen molar-refractivity contribution in [2.45, 2.75) is 0 Å². The highest BCUT2D eigenvalue weighted by atomic mass is 35.5. The molecule has 1 saturated heterocycles. The van der Waals surface area contributed by atoms with Gasteiger partial charge in [0.05, 0.1) is 14.2 Å². The molecule has 20 heavy (non-hydrogen) atoms. The van der Waals surface area contributed by atoms with Crippen LogP contribution in [0.4, 0.5) is 0 Å². The number of piperazine rings is 1. The standard InChI is InChI=1S/C14H20N2O3.ClH/c1-15-6-8-16(9-7-15)14(17)11-4-5-12(18-2)13(10-11)19-3;/h4-5,10H,6-9H2,1-3H3;1H/p-1. The predicted octanol–water partition coefficient (Wildman–Crippen LogP) is -1.90. The van der Waals surface area contributed by atoms with Gasteiger partial charge in [-0.2, -0.15) is 0 Å². The highest BCUT2D eigenvalue weighted by Gasteiger charge is 2.21. The van der Waals surface area contributed by atoms with Crippen LogP contribution in [0.5, 0.6) is 11.5 Å². The van der Waals surface area contributed by atoms with Gasteiger partial charge >= 0.3 is 0 Å². The van der Waals surface area contributed by atoms with Gasteiger partial charge in [0.15, 0.2) is 11.5 Å². The number of methoxy groups -OCH3 is 2. The molecule has 0 atom stereocenters. The molecule has 0 radical (unpaired) electrons. The van der Waals surface area contributed by atoms with Crippen LogP contribution >= 0.6 is 0 Å². The van der Waals surface area contributed by atoms with Crippen molar-refractivity contribution in [3.8, 4) is 11.5 Å². The van der Waals surface area contributed by atoms with Crippen molar-refractivity contribution in [2.24, 2.45) is 0 Å². The second kappa shape index (κ2) is 7.36. The van der Waals surface area contributed by atoms with Gasteiger partial charge in [-0.25, -0.2) is 0 Å². The number of likely N-dealkylation sites (N-methyl/N-ethyl adjacent to an activating group) is 1. The first-order valence-electron chi connectivity index (χ1n) is 6.35. The van der Waals surface area contributed by atoms with Crippen LogP contribution in [-0.4, -0.2) is 63.2 Å². The Hall–Kier alpha value is -1.46. The van der Waals surface area contributed by atoms with Gasteiger partial charge < -0.3 is 31.7 Å². The summed E-state index contributed by atoms with van der Waals surface area (Å²) in [6.07, 6.45) is 0. The van der Waals surface area contributed by atoms with Crippen LogP contribution in [0.2, 0.25) is 0 Å². The Labute approximate surface area is 125 Å². The van der Waals surface area contributed by atoms with Crippen molar-refractivity contribution in [3.05, 3.63) is 23.8 Å². The van der Waals surface area contributed by atoms with Gasteiger partial charge in [0.2, 0.25) is 0 Å². The fourth-order valence-corrected chi connectivity index (χ4v) is 2.16. The minimum absolute atomic E-state index is 0. The van der Waals surface area contributed by atoms with Crippen LogP contribution in [0.1, 0.15) is 10.4 Å². The molecule has 1 aromatic rings. The molecule has 112 valence electrons. The molecular formula is C14H20ClN2O3-. The van der Waals surface area contributed by atoms with E-state index in [4.69, 9.17) is 9.47 Å². The van der Waals surface area contributed by atoms with E-state index < -0.39 is 0 Å². The first kappa shape index (κ1) is 16.6. The van der Waals surface area contributed by atoms with Gasteiger partial charge in [-0.15, -0.1) is 0 Å². The molecule has 0 unspecified atom stereocenters. The molecule has 1 aliphatic heterocycles. The average Bonchev–Trinajstić information content (AvgIpc) is 2.46. The third-order valence-electron chi connectivity index (χ3n) is 3.42. The molecule has 1 heterocycles. The van der Waals surface area contributed by atoms with E-state index in [2.05, 4.69) is 11.9 Å². The van der Waals surface area contributed by atoms with Crippen LogP contribution in [0.25, 0.3) is 0 Å². The summed E-state index contributed by atoms with van der Waals surface area (Å²) >= 11 is 0. The third-order valence-corrected chi connectivity index (χ3v) is 3.42. The molecular weight excluding hydrogens is 280 g/mol. The molecule has 0 N–H and O–H groups in total. The van der Waals surface area contributed by atoms with Gasteiger partial charge in [0.1, 0.15) is 0 Å². The lowest BCUT2D eigenvalue weighted by molar-refractivity contribution is -0.0000151. The summed E-state index contributed by atoms with van der Waals surface area (Å²) in [7, 11) is 5.22. The number of halogens is 1. The summed E-state index contributed by atoms with van der Waals surface area (Å²) in [5.74, 6) is 1.27. The summed E-state index contributed by atoms with van der Waals surface area (Å²) in [5.41, 5.74) is 0.641. The van der Waals surface area contributed by atoms with Crippen LogP contribution in [-0.2, 0) is 0 Å². The zero-order chi connectivity index (χ0) is 13.8. The Bertz CT molecular complexity index is 460. The molecule has 0 aliphatic carbocycles. The molecule has 0 spiro atoms. The van der Waals surface area contributed by atoms with Crippen molar-refractivity contribution in [3.63, 3.8) is 0 Å². The number of hydrogen-bond acceptors (Lipinski definition) is 4. The molecule has 0 bridgehead atoms. The molecule has 1 fully saturated rings. The minimum atomic E-state index is 0. The van der Waals surface area contributed by atoms with Crippen molar-refractivity contribution in [1.82, 2.24) is 9.80 Å². The maximum atomic E-state index is 12.4. The van der Waals surface area contributed by atoms with Crippen molar-refractivity contribution >= 4 is 5.91 Å². The van der Waals surface area contributed by atoms with Gasteiger partial charge in [0.25, 0.3) is 5.91 Å². The molecule has 1 aliphatic rings. The number of rotatable bonds is 3. The number of carbonyl (C=O) groups is 1. The predicted molar refractivity (Wildman–Crippen MR) is 72.9 cm³/mol. The Balaban J connectivity index is 0.00000200. The summed E-state index contributed by atoms with van der Waals surface area (Å²) in [5, 5.41) is 0. The van der Waals surface area contributed by atoms with E-state index in [9.17, 15) is 4.79 Å². The SMILES string of the molecule is COc1ccc(C(=O)N2CCN(C)CC2)cc1OC.[Cl-]. The second-order valence-corrected chi connectivity index (χ2v) is 4.67. The molecule has 2 rings (SSSR count). The fourth-order valence-electron chi connectivity index (χ4n) is 2.16. The van der Waals surface area contributed by atoms with Crippen LogP contribution in [0.3, 0.4) is 0 Å². The van der Waals surface area contributed by atoms with Crippen molar-refractivity contribution in [2.75, 3.05) is 47.4 Å². The van der Waals surface area contributed by atoms with Crippen LogP contribution in [0, 0.1) is 0 Å². The summed E-state index contributed by atoms with van der Waals surface area (Å²) in [4.78, 5) is 16.5. The number of benzene rings is 1. The van der Waals surface area contributed by atoms with E-state index in [1.807, 2.05) is 4.90 Å². The highest BCUT2D eigenvalue weighted by Crippen LogP contribution is 2.28. The van der Waals surface area contributed by atoms with Gasteiger partial charge in [-0.3, -0.25) is 4.79 Å². The molecule has 0 aromatic heterocycles. The Kier molecular flexibility index (Phi) is 6.10. The zero-order valence-electron chi connectivity index (χ0n) is 12.1. The van der Waals surface area contributed by atoms with Gasteiger partial charge in [0, 0.05) is 31.7 Å². The van der Waals surface area contributed by atoms with E-state index >= 15 is 0 Å². The quantitative estimate of drug-likeness (QED) is 0.654. The van der Waals surface area contributed by atoms with E-state index in [1.54, 1.807) is 32.4 Å². The van der Waals surface area contributed by atoms with E-state index in [1.165, 1.54) is 0 Å². The highest BCUT2D eigenvalue weighted by molar-refractivity contribution is 5.95. The molecule has 0 saturated carbocycles. The Morgan fingerprint density at radius 3 is 2.20 bits per heavy atom. The number of amides is 1. The second-order valence-electron chi connectivity index (χ2n) is 4.67. The maximum Gasteiger partial charge on any atom is 0.254 e. The lowest BCUT2D eigenvalue weighted by atomic mass is 10.1. The molecule has 6 heteroatoms. The molecule has 5 nitrogen and oxygen atoms in total. The van der Waals surface area contributed by atoms with E-state index in [0.29, 0.717) is 17.1 Å². The van der Waals surface area contributed by atoms with Crippen molar-refractivity contribution in [1.29, 1.82) is 0 Å². The monoisotopic (exact) mass is 299 g/mol. The number of hydrogen-bond donors (Lipinski definition) is 0. The smallest absolute Gasteiger partial charge is 0.254 e. The lowest BCUT2D eigenvalue weighted by Gasteiger charge is -2.32. The zero-order valence-corrected chi connectivity index (χ0v) is 12.8. The number of carbonyl (C=O) groups excluding carboxylic acids is 1. The van der Waals surface area contributed by atoms with Crippen LogP contribution in [0.15, 0.2) is 18.2 Å². The van der Waals surface area contributed by atoms with Crippen LogP contribution < -0.4 is 21.9 Å². The first-order valence-corrected chi connectivity index (χ1v) is 6.35.